The van der Waals surface area contributed by atoms with Crippen LogP contribution in [-0.2, 0) is 33.4 Å². The highest BCUT2D eigenvalue weighted by Crippen LogP contribution is 2.30. The van der Waals surface area contributed by atoms with E-state index in [4.69, 9.17) is 17.1 Å². The molecule has 0 radical (unpaired) electrons. The zero-order valence-electron chi connectivity index (χ0n) is 20.3. The number of nitrogens with one attached hydrogen (secondary N) is 2. The number of alkyl halides is 2. The second-order valence-corrected chi connectivity index (χ2v) is 7.70. The Kier molecular flexibility index (Phi) is 4.48. The van der Waals surface area contributed by atoms with E-state index in [1.165, 1.54) is 0 Å². The second-order valence-electron chi connectivity index (χ2n) is 7.27. The van der Waals surface area contributed by atoms with E-state index in [2.05, 4.69) is 5.32 Å². The minimum atomic E-state index is -4.17. The maximum absolute atomic E-state index is 14.7. The molecule has 2 heterocycles. The highest BCUT2D eigenvalue weighted by Gasteiger charge is 2.41. The summed E-state index contributed by atoms with van der Waals surface area (Å²) in [5, 5.41) is 1.99. The van der Waals surface area contributed by atoms with Crippen LogP contribution in [0.2, 0.25) is 6.43 Å². The van der Waals surface area contributed by atoms with Crippen LogP contribution in [0.3, 0.4) is 0 Å². The largest absolute Gasteiger partial charge is 0.349 e. The average molecular weight is 466 g/mol. The van der Waals surface area contributed by atoms with Crippen molar-refractivity contribution in [2.24, 2.45) is 0 Å². The number of nitrogens with zero attached hydrogens (tertiary/aromatic N) is 1. The Morgan fingerprint density at radius 1 is 1.31 bits per heavy atom. The van der Waals surface area contributed by atoms with Gasteiger partial charge >= 0.3 is 5.92 Å². The van der Waals surface area contributed by atoms with Gasteiger partial charge in [0, 0.05) is 35.6 Å². The zero-order valence-corrected chi connectivity index (χ0v) is 17.1. The van der Waals surface area contributed by atoms with Gasteiger partial charge in [-0.1, -0.05) is 35.8 Å². The lowest BCUT2D eigenvalue weighted by Crippen LogP contribution is -2.52. The fraction of sp³-hybridized carbons (Fsp3) is 0.273. The van der Waals surface area contributed by atoms with Crippen molar-refractivity contribution in [2.75, 3.05) is 0 Å². The first-order chi connectivity index (χ1) is 16.8. The molecule has 10 heteroatoms. The predicted molar refractivity (Wildman–Crippen MR) is 110 cm³/mol. The summed E-state index contributed by atoms with van der Waals surface area (Å²) in [7, 11) is 0. The molecule has 0 bridgehead atoms. The first kappa shape index (κ1) is 17.3. The van der Waals surface area contributed by atoms with Gasteiger partial charge in [0.15, 0.2) is 1.41 Å². The van der Waals surface area contributed by atoms with E-state index in [0.29, 0.717) is 0 Å². The summed E-state index contributed by atoms with van der Waals surface area (Å²) in [4.78, 5) is 50.2. The molecule has 4 amide bonds. The molecule has 2 aromatic carbocycles. The normalized spacial score (nSPS) is 21.2. The third-order valence-corrected chi connectivity index (χ3v) is 5.41. The fourth-order valence-corrected chi connectivity index (χ4v) is 3.62. The standard InChI is InChI=1S/C22H18ClF2N3O4/c23-15-4-2-14(3-5-15)22(24,25)21(32)26-10-12-1-6-16-13(9-12)11-28(20(16)31)17-7-8-18(29)27-19(17)30/h1-6,9,17H,7-8,10-11H2,(H,26,32)(H,27,29,30)/i6D,9D,10D/hD. The Morgan fingerprint density at radius 3 is 2.72 bits per heavy atom. The van der Waals surface area contributed by atoms with Crippen molar-refractivity contribution in [3.05, 3.63) is 69.7 Å². The van der Waals surface area contributed by atoms with E-state index in [9.17, 15) is 28.0 Å². The summed E-state index contributed by atoms with van der Waals surface area (Å²) in [6.07, 6.45) is 0.0452. The number of carbonyl (C=O) groups excluding carboxylic acids is 4. The molecule has 2 aliphatic heterocycles. The maximum atomic E-state index is 14.7. The molecule has 2 aliphatic rings. The van der Waals surface area contributed by atoms with E-state index in [-0.39, 0.29) is 40.8 Å². The molecule has 7 nitrogen and oxygen atoms in total. The molecule has 0 aromatic heterocycles. The van der Waals surface area contributed by atoms with Gasteiger partial charge in [-0.3, -0.25) is 24.5 Å². The second kappa shape index (κ2) is 8.31. The fourth-order valence-electron chi connectivity index (χ4n) is 3.50. The van der Waals surface area contributed by atoms with Crippen molar-refractivity contribution in [1.82, 2.24) is 15.5 Å². The summed E-state index contributed by atoms with van der Waals surface area (Å²) in [5.74, 6) is -8.11. The molecule has 0 aliphatic carbocycles. The van der Waals surface area contributed by atoms with E-state index in [1.807, 2.05) is 0 Å². The molecule has 2 atom stereocenters. The molecule has 1 saturated heterocycles. The van der Waals surface area contributed by atoms with Crippen LogP contribution in [0.4, 0.5) is 8.78 Å². The van der Waals surface area contributed by atoms with Gasteiger partial charge in [-0.25, -0.2) is 0 Å². The Balaban J connectivity index is 1.62. The van der Waals surface area contributed by atoms with Gasteiger partial charge in [-0.15, -0.1) is 0 Å². The number of piperidine rings is 1. The SMILES string of the molecule is [2H]c1cc(C([2H])N([2H])C(=O)C(F)(F)c2ccc(Cl)cc2)c([2H])c2c1C(=O)N(C1CCC(=O)NC1=O)C2. The third-order valence-electron chi connectivity index (χ3n) is 5.15. The topological polar surface area (TPSA) is 95.6 Å². The highest BCUT2D eigenvalue weighted by molar-refractivity contribution is 6.30. The summed E-state index contributed by atoms with van der Waals surface area (Å²) >= 11 is 5.69. The van der Waals surface area contributed by atoms with Crippen molar-refractivity contribution >= 4 is 35.2 Å². The highest BCUT2D eigenvalue weighted by atomic mass is 35.5. The lowest BCUT2D eigenvalue weighted by Gasteiger charge is -2.29. The molecule has 1 fully saturated rings. The van der Waals surface area contributed by atoms with Crippen LogP contribution < -0.4 is 10.6 Å². The number of benzene rings is 2. The third kappa shape index (κ3) is 4.08. The smallest absolute Gasteiger partial charge is 0.346 e. The molecule has 2 aromatic rings. The molecule has 4 rings (SSSR count). The quantitative estimate of drug-likeness (QED) is 0.663. The van der Waals surface area contributed by atoms with Crippen molar-refractivity contribution in [1.29, 1.82) is 0 Å². The Bertz CT molecular complexity index is 1300. The Labute approximate surface area is 192 Å². The predicted octanol–water partition coefficient (Wildman–Crippen LogP) is 2.51. The summed E-state index contributed by atoms with van der Waals surface area (Å²) < 4.78 is 62.3. The lowest BCUT2D eigenvalue weighted by atomic mass is 10.0. The van der Waals surface area contributed by atoms with Crippen LogP contribution in [-0.4, -0.2) is 34.6 Å². The summed E-state index contributed by atoms with van der Waals surface area (Å²) in [5.41, 5.74) is -1.38. The molecule has 32 heavy (non-hydrogen) atoms. The first-order valence-electron chi connectivity index (χ1n) is 11.5. The number of carbonyl (C=O) groups is 4. The van der Waals surface area contributed by atoms with E-state index in [0.717, 1.165) is 35.2 Å². The summed E-state index contributed by atoms with van der Waals surface area (Å²) in [6.45, 7) is -2.41. The number of fused-ring (bicyclic) bond motifs is 1. The van der Waals surface area contributed by atoms with Gasteiger partial charge in [-0.05, 0) is 35.7 Å². The number of rotatable bonds is 5. The number of hydrogen-bond acceptors (Lipinski definition) is 4. The van der Waals surface area contributed by atoms with Gasteiger partial charge in [-0.2, -0.15) is 8.78 Å². The van der Waals surface area contributed by atoms with E-state index < -0.39 is 65.3 Å². The van der Waals surface area contributed by atoms with Gasteiger partial charge in [0.2, 0.25) is 11.8 Å². The molecular weight excluding hydrogens is 444 g/mol. The van der Waals surface area contributed by atoms with Gasteiger partial charge in [0.25, 0.3) is 11.8 Å². The molecule has 166 valence electrons. The van der Waals surface area contributed by atoms with Crippen LogP contribution >= 0.6 is 11.6 Å². The van der Waals surface area contributed by atoms with Crippen LogP contribution in [0.25, 0.3) is 0 Å². The summed E-state index contributed by atoms with van der Waals surface area (Å²) in [6, 6.07) is 3.08. The van der Waals surface area contributed by atoms with Gasteiger partial charge in [0.1, 0.15) is 6.04 Å². The number of amides is 4. The first-order valence-corrected chi connectivity index (χ1v) is 9.88. The van der Waals surface area contributed by atoms with Crippen LogP contribution in [0, 0.1) is 0 Å². The van der Waals surface area contributed by atoms with Gasteiger partial charge < -0.3 is 10.2 Å². The average Bonchev–Trinajstić information content (AvgIpc) is 3.18. The van der Waals surface area contributed by atoms with E-state index >= 15 is 0 Å². The molecule has 2 N–H and O–H groups in total. The lowest BCUT2D eigenvalue weighted by molar-refractivity contribution is -0.147. The number of hydrogen-bond donors (Lipinski definition) is 2. The maximum Gasteiger partial charge on any atom is 0.349 e. The molecule has 2 unspecified atom stereocenters. The number of halogens is 3. The minimum Gasteiger partial charge on any atom is -0.346 e. The van der Waals surface area contributed by atoms with Gasteiger partial charge in [0.05, 0.1) is 4.11 Å². The molecule has 0 spiro atoms. The Morgan fingerprint density at radius 2 is 2.03 bits per heavy atom. The zero-order chi connectivity index (χ0) is 26.5. The van der Waals surface area contributed by atoms with E-state index in [1.54, 1.807) is 0 Å². The Hall–Kier alpha value is -3.33. The van der Waals surface area contributed by atoms with Crippen molar-refractivity contribution in [3.63, 3.8) is 0 Å². The molecule has 0 saturated carbocycles. The van der Waals surface area contributed by atoms with Crippen molar-refractivity contribution in [3.8, 4) is 0 Å². The molecular formula is C22H18ClF2N3O4. The van der Waals surface area contributed by atoms with Crippen LogP contribution in [0.15, 0.2) is 42.4 Å². The van der Waals surface area contributed by atoms with Crippen LogP contribution in [0.1, 0.15) is 44.0 Å². The van der Waals surface area contributed by atoms with Crippen molar-refractivity contribution < 1.29 is 33.5 Å². The van der Waals surface area contributed by atoms with Crippen molar-refractivity contribution in [2.45, 2.75) is 37.9 Å². The minimum absolute atomic E-state index is 0.00418. The van der Waals surface area contributed by atoms with Crippen LogP contribution in [0.5, 0.6) is 0 Å². The number of imide groups is 1. The monoisotopic (exact) mass is 465 g/mol.